The minimum atomic E-state index is 0.00307. The van der Waals surface area contributed by atoms with Crippen LogP contribution >= 0.6 is 0 Å². The van der Waals surface area contributed by atoms with Gasteiger partial charge in [-0.05, 0) is 44.1 Å². The number of amides is 1. The smallest absolute Gasteiger partial charge is 0.254 e. The molecule has 29 heavy (non-hydrogen) atoms. The molecule has 0 saturated carbocycles. The second-order valence-corrected chi connectivity index (χ2v) is 8.00. The summed E-state index contributed by atoms with van der Waals surface area (Å²) >= 11 is 0. The second kappa shape index (κ2) is 7.81. The Bertz CT molecular complexity index is 1010. The molecule has 1 aliphatic heterocycles. The van der Waals surface area contributed by atoms with E-state index in [1.54, 1.807) is 6.33 Å². The second-order valence-electron chi connectivity index (χ2n) is 8.00. The maximum Gasteiger partial charge on any atom is 0.254 e. The highest BCUT2D eigenvalue weighted by Gasteiger charge is 2.30. The van der Waals surface area contributed by atoms with Gasteiger partial charge in [0.25, 0.3) is 5.78 Å². The van der Waals surface area contributed by atoms with Crippen LogP contribution in [0.5, 0.6) is 0 Å². The molecule has 0 spiro atoms. The third-order valence-electron chi connectivity index (χ3n) is 6.07. The third kappa shape index (κ3) is 3.57. The summed E-state index contributed by atoms with van der Waals surface area (Å²) in [4.78, 5) is 24.1. The molecule has 1 aromatic carbocycles. The van der Waals surface area contributed by atoms with E-state index in [1.807, 2.05) is 22.7 Å². The van der Waals surface area contributed by atoms with Crippen LogP contribution in [-0.2, 0) is 24.1 Å². The van der Waals surface area contributed by atoms with Crippen molar-refractivity contribution in [3.63, 3.8) is 0 Å². The number of nitrogens with zero attached hydrogens (tertiary/aromatic N) is 5. The van der Waals surface area contributed by atoms with E-state index in [1.165, 1.54) is 11.1 Å². The van der Waals surface area contributed by atoms with Gasteiger partial charge < -0.3 is 10.2 Å². The highest BCUT2D eigenvalue weighted by atomic mass is 16.1. The third-order valence-corrected chi connectivity index (χ3v) is 6.07. The molecule has 3 heterocycles. The fraction of sp³-hybridized carbons (Fsp3) is 0.455. The standard InChI is InChI=1S/C22H26N6O/c29-20(23-12-11-16-6-2-1-3-7-16)17-8-5-13-27(14-17)21-18-9-4-10-19(18)26-22-24-15-25-28(21)22/h1-3,6-7,15,17H,4-5,8-14H2,(H,23,29)/t17-/m0/s1. The number of nitrogens with one attached hydrogen (secondary N) is 1. The van der Waals surface area contributed by atoms with Crippen molar-refractivity contribution in [3.05, 3.63) is 53.5 Å². The number of rotatable bonds is 5. The lowest BCUT2D eigenvalue weighted by molar-refractivity contribution is -0.125. The molecule has 0 bridgehead atoms. The summed E-state index contributed by atoms with van der Waals surface area (Å²) in [5.41, 5.74) is 3.68. The monoisotopic (exact) mass is 390 g/mol. The van der Waals surface area contributed by atoms with Gasteiger partial charge in [0.05, 0.1) is 11.6 Å². The number of aryl methyl sites for hydroxylation is 1. The molecular weight excluding hydrogens is 364 g/mol. The number of piperidine rings is 1. The molecule has 7 nitrogen and oxygen atoms in total. The number of aromatic nitrogens is 4. The summed E-state index contributed by atoms with van der Waals surface area (Å²) in [5, 5.41) is 7.57. The van der Waals surface area contributed by atoms with Gasteiger partial charge in [-0.1, -0.05) is 30.3 Å². The molecule has 7 heteroatoms. The van der Waals surface area contributed by atoms with Crippen molar-refractivity contribution in [3.8, 4) is 0 Å². The fourth-order valence-electron chi connectivity index (χ4n) is 4.63. The van der Waals surface area contributed by atoms with Crippen LogP contribution in [0.2, 0.25) is 0 Å². The van der Waals surface area contributed by atoms with Crippen LogP contribution in [0.1, 0.15) is 36.1 Å². The minimum absolute atomic E-state index is 0.00307. The van der Waals surface area contributed by atoms with Crippen LogP contribution in [0.25, 0.3) is 5.78 Å². The van der Waals surface area contributed by atoms with Gasteiger partial charge in [0, 0.05) is 25.2 Å². The van der Waals surface area contributed by atoms with E-state index in [0.29, 0.717) is 12.3 Å². The maximum absolute atomic E-state index is 12.8. The lowest BCUT2D eigenvalue weighted by Crippen LogP contribution is -2.44. The highest BCUT2D eigenvalue weighted by Crippen LogP contribution is 2.33. The van der Waals surface area contributed by atoms with Crippen molar-refractivity contribution in [1.82, 2.24) is 24.9 Å². The Morgan fingerprint density at radius 3 is 2.97 bits per heavy atom. The lowest BCUT2D eigenvalue weighted by Gasteiger charge is -2.34. The zero-order valence-corrected chi connectivity index (χ0v) is 16.5. The quantitative estimate of drug-likeness (QED) is 0.723. The van der Waals surface area contributed by atoms with Crippen molar-refractivity contribution >= 4 is 17.5 Å². The zero-order chi connectivity index (χ0) is 19.6. The summed E-state index contributed by atoms with van der Waals surface area (Å²) in [6, 6.07) is 10.3. The zero-order valence-electron chi connectivity index (χ0n) is 16.5. The molecule has 0 radical (unpaired) electrons. The molecule has 2 aromatic heterocycles. The number of hydrogen-bond donors (Lipinski definition) is 1. The normalized spacial score (nSPS) is 18.8. The minimum Gasteiger partial charge on any atom is -0.355 e. The first-order valence-corrected chi connectivity index (χ1v) is 10.6. The molecule has 1 saturated heterocycles. The Morgan fingerprint density at radius 2 is 2.07 bits per heavy atom. The number of benzene rings is 1. The molecule has 1 amide bonds. The maximum atomic E-state index is 12.8. The van der Waals surface area contributed by atoms with Gasteiger partial charge in [-0.15, -0.1) is 0 Å². The van der Waals surface area contributed by atoms with Crippen LogP contribution in [0.15, 0.2) is 36.7 Å². The largest absolute Gasteiger partial charge is 0.355 e. The van der Waals surface area contributed by atoms with Crippen molar-refractivity contribution in [2.75, 3.05) is 24.5 Å². The van der Waals surface area contributed by atoms with Crippen molar-refractivity contribution < 1.29 is 4.79 Å². The molecule has 1 atom stereocenters. The van der Waals surface area contributed by atoms with Gasteiger partial charge in [0.1, 0.15) is 12.1 Å². The summed E-state index contributed by atoms with van der Waals surface area (Å²) in [6.07, 6.45) is 7.52. The Morgan fingerprint density at radius 1 is 1.17 bits per heavy atom. The fourth-order valence-corrected chi connectivity index (χ4v) is 4.63. The average Bonchev–Trinajstić information content (AvgIpc) is 3.41. The summed E-state index contributed by atoms with van der Waals surface area (Å²) in [5.74, 6) is 1.92. The first-order valence-electron chi connectivity index (χ1n) is 10.6. The molecular formula is C22H26N6O. The van der Waals surface area contributed by atoms with E-state index >= 15 is 0 Å². The molecule has 2 aliphatic rings. The predicted octanol–water partition coefficient (Wildman–Crippen LogP) is 2.19. The van der Waals surface area contributed by atoms with E-state index in [2.05, 4.69) is 37.4 Å². The Balaban J connectivity index is 1.29. The average molecular weight is 390 g/mol. The van der Waals surface area contributed by atoms with Gasteiger partial charge in [-0.2, -0.15) is 14.6 Å². The first kappa shape index (κ1) is 18.1. The van der Waals surface area contributed by atoms with Gasteiger partial charge in [-0.25, -0.2) is 4.98 Å². The van der Waals surface area contributed by atoms with Gasteiger partial charge >= 0.3 is 0 Å². The SMILES string of the molecule is O=C(NCCc1ccccc1)[C@H]1CCCN(c2c3c(nc4ncnn24)CCC3)C1. The number of carbonyl (C=O) groups excluding carboxylic acids is 1. The highest BCUT2D eigenvalue weighted by molar-refractivity contribution is 5.79. The predicted molar refractivity (Wildman–Crippen MR) is 111 cm³/mol. The topological polar surface area (TPSA) is 75.4 Å². The summed E-state index contributed by atoms with van der Waals surface area (Å²) in [7, 11) is 0. The molecule has 3 aromatic rings. The molecule has 1 aliphatic carbocycles. The van der Waals surface area contributed by atoms with Crippen LogP contribution < -0.4 is 10.2 Å². The number of carbonyl (C=O) groups is 1. The summed E-state index contributed by atoms with van der Waals surface area (Å²) < 4.78 is 1.86. The molecule has 150 valence electrons. The Labute approximate surface area is 170 Å². The van der Waals surface area contributed by atoms with Crippen molar-refractivity contribution in [1.29, 1.82) is 0 Å². The Kier molecular flexibility index (Phi) is 4.87. The van der Waals surface area contributed by atoms with Crippen LogP contribution in [0.3, 0.4) is 0 Å². The van der Waals surface area contributed by atoms with Crippen molar-refractivity contribution in [2.45, 2.75) is 38.5 Å². The van der Waals surface area contributed by atoms with E-state index in [4.69, 9.17) is 0 Å². The number of fused-ring (bicyclic) bond motifs is 2. The van der Waals surface area contributed by atoms with E-state index in [-0.39, 0.29) is 11.8 Å². The first-order chi connectivity index (χ1) is 14.3. The van der Waals surface area contributed by atoms with E-state index in [0.717, 1.165) is 63.1 Å². The van der Waals surface area contributed by atoms with Crippen LogP contribution in [0.4, 0.5) is 5.82 Å². The van der Waals surface area contributed by atoms with E-state index < -0.39 is 0 Å². The Hall–Kier alpha value is -2.96. The molecule has 5 rings (SSSR count). The van der Waals surface area contributed by atoms with Crippen LogP contribution in [-0.4, -0.2) is 45.1 Å². The molecule has 1 fully saturated rings. The molecule has 1 N–H and O–H groups in total. The summed E-state index contributed by atoms with van der Waals surface area (Å²) in [6.45, 7) is 2.35. The van der Waals surface area contributed by atoms with Gasteiger partial charge in [0.2, 0.25) is 5.91 Å². The lowest BCUT2D eigenvalue weighted by atomic mass is 9.96. The molecule has 0 unspecified atom stereocenters. The van der Waals surface area contributed by atoms with Crippen molar-refractivity contribution in [2.24, 2.45) is 5.92 Å². The van der Waals surface area contributed by atoms with E-state index in [9.17, 15) is 4.79 Å². The van der Waals surface area contributed by atoms with Crippen LogP contribution in [0, 0.1) is 5.92 Å². The number of hydrogen-bond acceptors (Lipinski definition) is 5. The van der Waals surface area contributed by atoms with Gasteiger partial charge in [0.15, 0.2) is 0 Å². The van der Waals surface area contributed by atoms with Gasteiger partial charge in [-0.3, -0.25) is 4.79 Å². The number of anilines is 1.